The smallest absolute Gasteiger partial charge is 0.271 e. The van der Waals surface area contributed by atoms with E-state index in [1.165, 1.54) is 16.8 Å². The van der Waals surface area contributed by atoms with E-state index >= 15 is 0 Å². The first-order chi connectivity index (χ1) is 11.6. The highest BCUT2D eigenvalue weighted by atomic mass is 35.5. The van der Waals surface area contributed by atoms with E-state index in [1.54, 1.807) is 18.9 Å². The van der Waals surface area contributed by atoms with Gasteiger partial charge in [0.25, 0.3) is 11.5 Å². The predicted octanol–water partition coefficient (Wildman–Crippen LogP) is 2.07. The first kappa shape index (κ1) is 18.5. The molecule has 6 nitrogen and oxygen atoms in total. The van der Waals surface area contributed by atoms with Gasteiger partial charge in [0.15, 0.2) is 0 Å². The van der Waals surface area contributed by atoms with Crippen LogP contribution in [-0.4, -0.2) is 41.7 Å². The highest BCUT2D eigenvalue weighted by Gasteiger charge is 2.09. The maximum Gasteiger partial charge on any atom is 0.271 e. The average Bonchev–Trinajstić information content (AvgIpc) is 2.59. The van der Waals surface area contributed by atoms with Gasteiger partial charge in [0.05, 0.1) is 13.2 Å². The summed E-state index contributed by atoms with van der Waals surface area (Å²) in [5.74, 6) is 0.411. The SMILES string of the molecule is COCCn1nc(C(=O)NCCSc2ccc(Cl)cc2)ccc1=O. The normalized spacial score (nSPS) is 10.6. The molecule has 0 saturated heterocycles. The lowest BCUT2D eigenvalue weighted by molar-refractivity contribution is 0.0947. The van der Waals surface area contributed by atoms with Crippen LogP contribution in [0.2, 0.25) is 5.02 Å². The number of rotatable bonds is 8. The van der Waals surface area contributed by atoms with E-state index in [4.69, 9.17) is 16.3 Å². The fraction of sp³-hybridized carbons (Fsp3) is 0.312. The van der Waals surface area contributed by atoms with Crippen LogP contribution in [0.15, 0.2) is 46.1 Å². The van der Waals surface area contributed by atoms with Crippen molar-refractivity contribution >= 4 is 29.3 Å². The molecule has 0 aliphatic carbocycles. The molecule has 1 N–H and O–H groups in total. The molecular weight excluding hydrogens is 350 g/mol. The Morgan fingerprint density at radius 3 is 2.75 bits per heavy atom. The summed E-state index contributed by atoms with van der Waals surface area (Å²) in [5.41, 5.74) is -0.0518. The lowest BCUT2D eigenvalue weighted by Gasteiger charge is -2.07. The first-order valence-electron chi connectivity index (χ1n) is 7.34. The van der Waals surface area contributed by atoms with Crippen molar-refractivity contribution in [3.05, 3.63) is 57.5 Å². The second-order valence-electron chi connectivity index (χ2n) is 4.83. The summed E-state index contributed by atoms with van der Waals surface area (Å²) in [6, 6.07) is 10.3. The van der Waals surface area contributed by atoms with Gasteiger partial charge in [-0.1, -0.05) is 11.6 Å². The van der Waals surface area contributed by atoms with Gasteiger partial charge in [0.2, 0.25) is 0 Å². The van der Waals surface area contributed by atoms with Gasteiger partial charge in [-0.3, -0.25) is 9.59 Å². The van der Waals surface area contributed by atoms with Gasteiger partial charge >= 0.3 is 0 Å². The Bertz CT molecular complexity index is 734. The third-order valence-electron chi connectivity index (χ3n) is 3.08. The molecule has 0 aliphatic rings. The number of methoxy groups -OCH3 is 1. The fourth-order valence-electron chi connectivity index (χ4n) is 1.86. The molecule has 1 amide bonds. The maximum atomic E-state index is 12.1. The van der Waals surface area contributed by atoms with Crippen LogP contribution in [0.3, 0.4) is 0 Å². The summed E-state index contributed by atoms with van der Waals surface area (Å²) in [6.45, 7) is 1.16. The van der Waals surface area contributed by atoms with Gasteiger partial charge in [-0.05, 0) is 30.3 Å². The Labute approximate surface area is 149 Å². The average molecular weight is 368 g/mol. The number of amides is 1. The predicted molar refractivity (Wildman–Crippen MR) is 94.9 cm³/mol. The Morgan fingerprint density at radius 2 is 2.04 bits per heavy atom. The summed E-state index contributed by atoms with van der Waals surface area (Å²) >= 11 is 7.45. The molecule has 24 heavy (non-hydrogen) atoms. The van der Waals surface area contributed by atoms with Crippen LogP contribution >= 0.6 is 23.4 Å². The molecular formula is C16H18ClN3O3S. The molecule has 128 valence electrons. The van der Waals surface area contributed by atoms with Crippen molar-refractivity contribution in [2.24, 2.45) is 0 Å². The number of carbonyl (C=O) groups excluding carboxylic acids is 1. The zero-order valence-corrected chi connectivity index (χ0v) is 14.8. The van der Waals surface area contributed by atoms with E-state index in [9.17, 15) is 9.59 Å². The second-order valence-corrected chi connectivity index (χ2v) is 6.44. The molecule has 0 radical (unpaired) electrons. The molecule has 0 bridgehead atoms. The van der Waals surface area contributed by atoms with Crippen LogP contribution in [0.4, 0.5) is 0 Å². The molecule has 0 aliphatic heterocycles. The van der Waals surface area contributed by atoms with Crippen LogP contribution in [0, 0.1) is 0 Å². The van der Waals surface area contributed by atoms with Crippen LogP contribution in [-0.2, 0) is 11.3 Å². The quantitative estimate of drug-likeness (QED) is 0.571. The molecule has 0 unspecified atom stereocenters. The highest BCUT2D eigenvalue weighted by molar-refractivity contribution is 7.99. The van der Waals surface area contributed by atoms with E-state index in [2.05, 4.69) is 10.4 Å². The Hall–Kier alpha value is -1.83. The van der Waals surface area contributed by atoms with Crippen LogP contribution < -0.4 is 10.9 Å². The van der Waals surface area contributed by atoms with Gasteiger partial charge in [0.1, 0.15) is 5.69 Å². The summed E-state index contributed by atoms with van der Waals surface area (Å²) < 4.78 is 6.14. The number of hydrogen-bond acceptors (Lipinski definition) is 5. The van der Waals surface area contributed by atoms with E-state index in [0.717, 1.165) is 10.6 Å². The van der Waals surface area contributed by atoms with Crippen LogP contribution in [0.25, 0.3) is 0 Å². The Morgan fingerprint density at radius 1 is 1.29 bits per heavy atom. The fourth-order valence-corrected chi connectivity index (χ4v) is 2.76. The van der Waals surface area contributed by atoms with Crippen molar-refractivity contribution in [1.82, 2.24) is 15.1 Å². The standard InChI is InChI=1S/C16H18ClN3O3S/c1-23-10-9-20-15(21)7-6-14(19-20)16(22)18-8-11-24-13-4-2-12(17)3-5-13/h2-7H,8-11H2,1H3,(H,18,22). The number of halogens is 1. The minimum atomic E-state index is -0.308. The van der Waals surface area contributed by atoms with Crippen molar-refractivity contribution < 1.29 is 9.53 Å². The highest BCUT2D eigenvalue weighted by Crippen LogP contribution is 2.19. The number of thioether (sulfide) groups is 1. The van der Waals surface area contributed by atoms with Gasteiger partial charge in [-0.15, -0.1) is 11.8 Å². The lowest BCUT2D eigenvalue weighted by Crippen LogP contribution is -2.31. The number of carbonyl (C=O) groups is 1. The number of nitrogens with one attached hydrogen (secondary N) is 1. The van der Waals surface area contributed by atoms with Crippen LogP contribution in [0.1, 0.15) is 10.5 Å². The van der Waals surface area contributed by atoms with Gasteiger partial charge < -0.3 is 10.1 Å². The van der Waals surface area contributed by atoms with Gasteiger partial charge in [-0.25, -0.2) is 4.68 Å². The summed E-state index contributed by atoms with van der Waals surface area (Å²) in [7, 11) is 1.54. The molecule has 0 atom stereocenters. The van der Waals surface area contributed by atoms with Crippen molar-refractivity contribution in [3.63, 3.8) is 0 Å². The number of hydrogen-bond donors (Lipinski definition) is 1. The minimum Gasteiger partial charge on any atom is -0.383 e. The first-order valence-corrected chi connectivity index (χ1v) is 8.70. The largest absolute Gasteiger partial charge is 0.383 e. The summed E-state index contributed by atoms with van der Waals surface area (Å²) in [4.78, 5) is 24.8. The molecule has 2 aromatic rings. The van der Waals surface area contributed by atoms with Crippen molar-refractivity contribution in [3.8, 4) is 0 Å². The van der Waals surface area contributed by atoms with Crippen molar-refractivity contribution in [1.29, 1.82) is 0 Å². The molecule has 2 rings (SSSR count). The number of aromatic nitrogens is 2. The molecule has 1 aromatic carbocycles. The Balaban J connectivity index is 1.83. The zero-order chi connectivity index (χ0) is 17.4. The van der Waals surface area contributed by atoms with E-state index in [-0.39, 0.29) is 17.2 Å². The topological polar surface area (TPSA) is 73.2 Å². The van der Waals surface area contributed by atoms with Gasteiger partial charge in [-0.2, -0.15) is 5.10 Å². The van der Waals surface area contributed by atoms with Crippen LogP contribution in [0.5, 0.6) is 0 Å². The summed E-state index contributed by atoms with van der Waals surface area (Å²) in [6.07, 6.45) is 0. The second kappa shape index (κ2) is 9.46. The van der Waals surface area contributed by atoms with E-state index < -0.39 is 0 Å². The molecule has 1 heterocycles. The Kier molecular flexibility index (Phi) is 7.30. The molecule has 1 aromatic heterocycles. The maximum absolute atomic E-state index is 12.1. The number of nitrogens with zero attached hydrogens (tertiary/aromatic N) is 2. The van der Waals surface area contributed by atoms with E-state index in [0.29, 0.717) is 24.7 Å². The zero-order valence-electron chi connectivity index (χ0n) is 13.2. The molecule has 0 fully saturated rings. The summed E-state index contributed by atoms with van der Waals surface area (Å²) in [5, 5.41) is 7.53. The molecule has 0 saturated carbocycles. The molecule has 8 heteroatoms. The molecule has 0 spiro atoms. The number of ether oxygens (including phenoxy) is 1. The minimum absolute atomic E-state index is 0.210. The van der Waals surface area contributed by atoms with Crippen molar-refractivity contribution in [2.75, 3.05) is 26.0 Å². The van der Waals surface area contributed by atoms with Crippen molar-refractivity contribution in [2.45, 2.75) is 11.4 Å². The monoisotopic (exact) mass is 367 g/mol. The third-order valence-corrected chi connectivity index (χ3v) is 4.34. The third kappa shape index (κ3) is 5.67. The number of benzene rings is 1. The van der Waals surface area contributed by atoms with Gasteiger partial charge in [0, 0.05) is 35.4 Å². The lowest BCUT2D eigenvalue weighted by atomic mass is 10.3. The van der Waals surface area contributed by atoms with E-state index in [1.807, 2.05) is 24.3 Å².